The molecule has 3 heterocycles. The predicted octanol–water partition coefficient (Wildman–Crippen LogP) is 2.21. The standard InChI is InChI=1S/C19H21FN4O3/c20-16-3-1-14(2-4-16)11-21-18-22-12-15(13-23-18)17(25)24-7-5-19(6-8-24)26-9-10-27-19/h1-4,12-13H,5-11H2,(H,21,22,23). The highest BCUT2D eigenvalue weighted by atomic mass is 19.1. The van der Waals surface area contributed by atoms with Gasteiger partial charge in [0, 0.05) is 44.9 Å². The summed E-state index contributed by atoms with van der Waals surface area (Å²) >= 11 is 0. The molecular formula is C19H21FN4O3. The van der Waals surface area contributed by atoms with Gasteiger partial charge in [0.1, 0.15) is 5.82 Å². The molecule has 0 unspecified atom stereocenters. The largest absolute Gasteiger partial charge is 0.350 e. The zero-order chi connectivity index (χ0) is 18.7. The minimum atomic E-state index is -0.499. The van der Waals surface area contributed by atoms with Crippen LogP contribution in [0.1, 0.15) is 28.8 Å². The van der Waals surface area contributed by atoms with Crippen molar-refractivity contribution in [3.8, 4) is 0 Å². The van der Waals surface area contributed by atoms with E-state index in [0.717, 1.165) is 5.56 Å². The fourth-order valence-electron chi connectivity index (χ4n) is 3.33. The maximum Gasteiger partial charge on any atom is 0.256 e. The van der Waals surface area contributed by atoms with Crippen LogP contribution in [-0.4, -0.2) is 52.9 Å². The van der Waals surface area contributed by atoms with Gasteiger partial charge in [0.2, 0.25) is 5.95 Å². The van der Waals surface area contributed by atoms with Gasteiger partial charge in [0.15, 0.2) is 5.79 Å². The summed E-state index contributed by atoms with van der Waals surface area (Å²) in [6.07, 6.45) is 4.40. The average Bonchev–Trinajstić information content (AvgIpc) is 3.16. The molecule has 2 aliphatic heterocycles. The highest BCUT2D eigenvalue weighted by Crippen LogP contribution is 2.31. The van der Waals surface area contributed by atoms with Crippen LogP contribution in [0.5, 0.6) is 0 Å². The summed E-state index contributed by atoms with van der Waals surface area (Å²) in [6, 6.07) is 6.20. The molecule has 2 aromatic rings. The molecule has 8 heteroatoms. The highest BCUT2D eigenvalue weighted by molar-refractivity contribution is 5.93. The first-order chi connectivity index (χ1) is 13.1. The molecular weight excluding hydrogens is 351 g/mol. The van der Waals surface area contributed by atoms with E-state index < -0.39 is 5.79 Å². The van der Waals surface area contributed by atoms with Crippen molar-refractivity contribution in [2.24, 2.45) is 0 Å². The summed E-state index contributed by atoms with van der Waals surface area (Å²) in [5, 5.41) is 3.06. The molecule has 1 aromatic heterocycles. The Bertz CT molecular complexity index is 782. The van der Waals surface area contributed by atoms with Crippen molar-refractivity contribution in [3.05, 3.63) is 53.6 Å². The summed E-state index contributed by atoms with van der Waals surface area (Å²) in [4.78, 5) is 22.8. The molecule has 4 rings (SSSR count). The van der Waals surface area contributed by atoms with Crippen LogP contribution in [0.2, 0.25) is 0 Å². The Morgan fingerprint density at radius 1 is 1.11 bits per heavy atom. The van der Waals surface area contributed by atoms with Gasteiger partial charge in [0.25, 0.3) is 5.91 Å². The highest BCUT2D eigenvalue weighted by Gasteiger charge is 2.40. The molecule has 2 aliphatic rings. The predicted molar refractivity (Wildman–Crippen MR) is 95.5 cm³/mol. The third-order valence-corrected chi connectivity index (χ3v) is 4.89. The number of hydrogen-bond acceptors (Lipinski definition) is 6. The molecule has 142 valence electrons. The van der Waals surface area contributed by atoms with Crippen molar-refractivity contribution in [1.82, 2.24) is 14.9 Å². The number of ether oxygens (including phenoxy) is 2. The van der Waals surface area contributed by atoms with Crippen LogP contribution in [0.4, 0.5) is 10.3 Å². The number of nitrogens with zero attached hydrogens (tertiary/aromatic N) is 3. The molecule has 2 fully saturated rings. The smallest absolute Gasteiger partial charge is 0.256 e. The van der Waals surface area contributed by atoms with Gasteiger partial charge >= 0.3 is 0 Å². The zero-order valence-electron chi connectivity index (χ0n) is 14.9. The fraction of sp³-hybridized carbons (Fsp3) is 0.421. The number of likely N-dealkylation sites (tertiary alicyclic amines) is 1. The van der Waals surface area contributed by atoms with Gasteiger partial charge in [-0.3, -0.25) is 4.79 Å². The molecule has 1 spiro atoms. The average molecular weight is 372 g/mol. The van der Waals surface area contributed by atoms with Crippen molar-refractivity contribution in [3.63, 3.8) is 0 Å². The second-order valence-corrected chi connectivity index (χ2v) is 6.68. The molecule has 7 nitrogen and oxygen atoms in total. The van der Waals surface area contributed by atoms with E-state index in [1.54, 1.807) is 17.0 Å². The molecule has 0 radical (unpaired) electrons. The lowest BCUT2D eigenvalue weighted by Gasteiger charge is -2.37. The minimum absolute atomic E-state index is 0.0899. The summed E-state index contributed by atoms with van der Waals surface area (Å²) in [5.74, 6) is -0.441. The van der Waals surface area contributed by atoms with E-state index in [1.165, 1.54) is 24.5 Å². The Balaban J connectivity index is 1.31. The molecule has 1 N–H and O–H groups in total. The minimum Gasteiger partial charge on any atom is -0.350 e. The number of carbonyl (C=O) groups is 1. The first-order valence-corrected chi connectivity index (χ1v) is 9.01. The molecule has 0 atom stereocenters. The van der Waals surface area contributed by atoms with Gasteiger partial charge in [-0.15, -0.1) is 0 Å². The van der Waals surface area contributed by atoms with Crippen LogP contribution < -0.4 is 5.32 Å². The van der Waals surface area contributed by atoms with Crippen LogP contribution >= 0.6 is 0 Å². The lowest BCUT2D eigenvalue weighted by Crippen LogP contribution is -2.47. The second-order valence-electron chi connectivity index (χ2n) is 6.68. The number of aromatic nitrogens is 2. The number of nitrogens with one attached hydrogen (secondary N) is 1. The zero-order valence-corrected chi connectivity index (χ0v) is 14.9. The molecule has 2 saturated heterocycles. The van der Waals surface area contributed by atoms with Crippen LogP contribution in [0.3, 0.4) is 0 Å². The van der Waals surface area contributed by atoms with Crippen molar-refractivity contribution in [2.75, 3.05) is 31.6 Å². The van der Waals surface area contributed by atoms with Crippen molar-refractivity contribution < 1.29 is 18.7 Å². The number of benzene rings is 1. The Kier molecular flexibility index (Phi) is 5.00. The van der Waals surface area contributed by atoms with E-state index in [-0.39, 0.29) is 11.7 Å². The SMILES string of the molecule is O=C(c1cnc(NCc2ccc(F)cc2)nc1)N1CCC2(CC1)OCCO2. The number of halogens is 1. The van der Waals surface area contributed by atoms with Gasteiger partial charge in [-0.05, 0) is 17.7 Å². The van der Waals surface area contributed by atoms with Crippen molar-refractivity contribution >= 4 is 11.9 Å². The number of carbonyl (C=O) groups excluding carboxylic acids is 1. The van der Waals surface area contributed by atoms with Gasteiger partial charge in [-0.25, -0.2) is 14.4 Å². The maximum atomic E-state index is 12.9. The Morgan fingerprint density at radius 2 is 1.74 bits per heavy atom. The monoisotopic (exact) mass is 372 g/mol. The number of piperidine rings is 1. The lowest BCUT2D eigenvalue weighted by atomic mass is 10.0. The van der Waals surface area contributed by atoms with Crippen LogP contribution in [0.15, 0.2) is 36.7 Å². The van der Waals surface area contributed by atoms with Crippen molar-refractivity contribution in [2.45, 2.75) is 25.2 Å². The molecule has 27 heavy (non-hydrogen) atoms. The number of rotatable bonds is 4. The number of amides is 1. The van der Waals surface area contributed by atoms with Gasteiger partial charge in [-0.2, -0.15) is 0 Å². The molecule has 0 aliphatic carbocycles. The van der Waals surface area contributed by atoms with E-state index in [2.05, 4.69) is 15.3 Å². The second kappa shape index (κ2) is 7.58. The van der Waals surface area contributed by atoms with Crippen LogP contribution in [0, 0.1) is 5.82 Å². The fourth-order valence-corrected chi connectivity index (χ4v) is 3.33. The van der Waals surface area contributed by atoms with Crippen LogP contribution in [-0.2, 0) is 16.0 Å². The van der Waals surface area contributed by atoms with Crippen LogP contribution in [0.25, 0.3) is 0 Å². The van der Waals surface area contributed by atoms with E-state index in [0.29, 0.717) is 57.2 Å². The summed E-state index contributed by atoms with van der Waals surface area (Å²) in [7, 11) is 0. The third kappa shape index (κ3) is 4.06. The lowest BCUT2D eigenvalue weighted by molar-refractivity contribution is -0.181. The normalized spacial score (nSPS) is 18.6. The van der Waals surface area contributed by atoms with Gasteiger partial charge in [-0.1, -0.05) is 12.1 Å². The quantitative estimate of drug-likeness (QED) is 0.887. The summed E-state index contributed by atoms with van der Waals surface area (Å²) in [5.41, 5.74) is 1.37. The van der Waals surface area contributed by atoms with E-state index in [1.807, 2.05) is 0 Å². The van der Waals surface area contributed by atoms with E-state index >= 15 is 0 Å². The molecule has 1 aromatic carbocycles. The maximum absolute atomic E-state index is 12.9. The van der Waals surface area contributed by atoms with Gasteiger partial charge in [0.05, 0.1) is 18.8 Å². The Labute approximate surface area is 156 Å². The van der Waals surface area contributed by atoms with Gasteiger partial charge < -0.3 is 19.7 Å². The summed E-state index contributed by atoms with van der Waals surface area (Å²) < 4.78 is 24.3. The van der Waals surface area contributed by atoms with E-state index in [4.69, 9.17) is 9.47 Å². The number of hydrogen-bond donors (Lipinski definition) is 1. The molecule has 0 saturated carbocycles. The Morgan fingerprint density at radius 3 is 2.37 bits per heavy atom. The first-order valence-electron chi connectivity index (χ1n) is 9.01. The summed E-state index contributed by atoms with van der Waals surface area (Å²) in [6.45, 7) is 2.89. The van der Waals surface area contributed by atoms with Crippen molar-refractivity contribution in [1.29, 1.82) is 0 Å². The first kappa shape index (κ1) is 17.8. The van der Waals surface area contributed by atoms with E-state index in [9.17, 15) is 9.18 Å². The molecule has 0 bridgehead atoms. The third-order valence-electron chi connectivity index (χ3n) is 4.89. The molecule has 1 amide bonds. The topological polar surface area (TPSA) is 76.6 Å². The Hall–Kier alpha value is -2.58. The number of anilines is 1.